The van der Waals surface area contributed by atoms with E-state index >= 15 is 0 Å². The number of dihydropyridines is 1. The second kappa shape index (κ2) is 2.17. The van der Waals surface area contributed by atoms with Crippen LogP contribution in [0.2, 0.25) is 0 Å². The Morgan fingerprint density at radius 2 is 2.75 bits per heavy atom. The molecule has 0 saturated heterocycles. The maximum Gasteiger partial charge on any atom is 0.0966 e. The van der Waals surface area contributed by atoms with Crippen molar-refractivity contribution in [2.75, 3.05) is 6.54 Å². The van der Waals surface area contributed by atoms with E-state index in [1.165, 1.54) is 0 Å². The molecule has 0 aliphatic carbocycles. The zero-order valence-electron chi connectivity index (χ0n) is 4.31. The monoisotopic (exact) mass is 105 g/mol. The van der Waals surface area contributed by atoms with E-state index in [0.717, 1.165) is 5.57 Å². The number of nitrogens with one attached hydrogen (secondary N) is 1. The van der Waals surface area contributed by atoms with E-state index in [4.69, 9.17) is 5.26 Å². The minimum Gasteiger partial charge on any atom is -0.386 e. The van der Waals surface area contributed by atoms with E-state index in [1.807, 2.05) is 6.07 Å². The quantitative estimate of drug-likeness (QED) is 0.482. The van der Waals surface area contributed by atoms with Crippen LogP contribution in [0.1, 0.15) is 0 Å². The minimum absolute atomic E-state index is 0.642. The highest BCUT2D eigenvalue weighted by Gasteiger charge is 1.93. The molecule has 0 bridgehead atoms. The van der Waals surface area contributed by atoms with Gasteiger partial charge in [-0.1, -0.05) is 0 Å². The molecule has 1 radical (unpaired) electrons. The summed E-state index contributed by atoms with van der Waals surface area (Å²) in [4.78, 5) is 0. The molecule has 2 nitrogen and oxygen atoms in total. The highest BCUT2D eigenvalue weighted by atomic mass is 14.8. The lowest BCUT2D eigenvalue weighted by molar-refractivity contribution is 0.938. The molecule has 0 aromatic rings. The Bertz CT molecular complexity index is 171. The minimum atomic E-state index is 0.642. The van der Waals surface area contributed by atoms with E-state index in [1.54, 1.807) is 12.3 Å². The molecule has 0 amide bonds. The SMILES string of the molecule is N#CC1=C[C]=CNC1. The number of allylic oxidation sites excluding steroid dienone is 2. The smallest absolute Gasteiger partial charge is 0.0966 e. The largest absolute Gasteiger partial charge is 0.386 e. The first-order valence-electron chi connectivity index (χ1n) is 2.34. The van der Waals surface area contributed by atoms with Crippen molar-refractivity contribution in [3.05, 3.63) is 23.9 Å². The third-order valence-corrected chi connectivity index (χ3v) is 0.879. The van der Waals surface area contributed by atoms with Crippen LogP contribution in [0.25, 0.3) is 0 Å². The Balaban J connectivity index is 2.67. The third kappa shape index (κ3) is 0.881. The molecule has 0 aromatic carbocycles. The van der Waals surface area contributed by atoms with Gasteiger partial charge >= 0.3 is 0 Å². The van der Waals surface area contributed by atoms with Gasteiger partial charge in [0.2, 0.25) is 0 Å². The van der Waals surface area contributed by atoms with E-state index < -0.39 is 0 Å². The van der Waals surface area contributed by atoms with Crippen LogP contribution in [0.3, 0.4) is 0 Å². The Morgan fingerprint density at radius 3 is 3.12 bits per heavy atom. The highest BCUT2D eigenvalue weighted by molar-refractivity contribution is 5.27. The van der Waals surface area contributed by atoms with Gasteiger partial charge in [-0.2, -0.15) is 5.26 Å². The average Bonchev–Trinajstić information content (AvgIpc) is 1.90. The van der Waals surface area contributed by atoms with E-state index in [-0.39, 0.29) is 0 Å². The second-order valence-corrected chi connectivity index (χ2v) is 1.47. The fourth-order valence-corrected chi connectivity index (χ4v) is 0.485. The summed E-state index contributed by atoms with van der Waals surface area (Å²) in [6, 6.07) is 2.02. The van der Waals surface area contributed by atoms with Gasteiger partial charge in [-0.25, -0.2) is 0 Å². The molecule has 39 valence electrons. The molecule has 0 unspecified atom stereocenters. The van der Waals surface area contributed by atoms with E-state index in [0.29, 0.717) is 6.54 Å². The summed E-state index contributed by atoms with van der Waals surface area (Å²) >= 11 is 0. The summed E-state index contributed by atoms with van der Waals surface area (Å²) in [5, 5.41) is 11.1. The third-order valence-electron chi connectivity index (χ3n) is 0.879. The lowest BCUT2D eigenvalue weighted by Gasteiger charge is -2.00. The van der Waals surface area contributed by atoms with Gasteiger partial charge in [0.25, 0.3) is 0 Å². The fourth-order valence-electron chi connectivity index (χ4n) is 0.485. The van der Waals surface area contributed by atoms with Crippen LogP contribution >= 0.6 is 0 Å². The first-order chi connectivity index (χ1) is 3.93. The molecule has 8 heavy (non-hydrogen) atoms. The standard InChI is InChI=1S/C6H5N2/c7-4-6-2-1-3-8-5-6/h2-3,8H,5H2. The molecule has 0 aromatic heterocycles. The van der Waals surface area contributed by atoms with Crippen LogP contribution in [0.5, 0.6) is 0 Å². The van der Waals surface area contributed by atoms with Crippen molar-refractivity contribution in [2.45, 2.75) is 0 Å². The van der Waals surface area contributed by atoms with Gasteiger partial charge in [-0.3, -0.25) is 0 Å². The van der Waals surface area contributed by atoms with Gasteiger partial charge in [-0.15, -0.1) is 0 Å². The number of rotatable bonds is 0. The summed E-state index contributed by atoms with van der Waals surface area (Å²) in [5.41, 5.74) is 0.729. The van der Waals surface area contributed by atoms with Crippen LogP contribution in [0, 0.1) is 17.4 Å². The molecule has 1 heterocycles. The van der Waals surface area contributed by atoms with Crippen LogP contribution < -0.4 is 5.32 Å². The maximum absolute atomic E-state index is 8.28. The molecule has 0 saturated carbocycles. The Morgan fingerprint density at radius 1 is 1.88 bits per heavy atom. The number of hydrogen-bond donors (Lipinski definition) is 1. The molecule has 1 rings (SSSR count). The first-order valence-corrected chi connectivity index (χ1v) is 2.34. The summed E-state index contributed by atoms with van der Waals surface area (Å²) < 4.78 is 0. The predicted molar refractivity (Wildman–Crippen MR) is 29.5 cm³/mol. The van der Waals surface area contributed by atoms with Gasteiger partial charge < -0.3 is 5.32 Å². The van der Waals surface area contributed by atoms with Crippen molar-refractivity contribution in [2.24, 2.45) is 0 Å². The van der Waals surface area contributed by atoms with Crippen molar-refractivity contribution in [3.8, 4) is 6.07 Å². The molecule has 0 spiro atoms. The molecule has 1 aliphatic heterocycles. The molecule has 1 N–H and O–H groups in total. The number of nitriles is 1. The lowest BCUT2D eigenvalue weighted by atomic mass is 10.2. The van der Waals surface area contributed by atoms with E-state index in [2.05, 4.69) is 11.4 Å². The molecule has 0 fully saturated rings. The van der Waals surface area contributed by atoms with Gasteiger partial charge in [-0.05, 0) is 12.2 Å². The van der Waals surface area contributed by atoms with Crippen molar-refractivity contribution in [1.82, 2.24) is 5.32 Å². The summed E-state index contributed by atoms with van der Waals surface area (Å²) in [5.74, 6) is 0. The van der Waals surface area contributed by atoms with Crippen molar-refractivity contribution in [3.63, 3.8) is 0 Å². The van der Waals surface area contributed by atoms with Crippen LogP contribution in [-0.2, 0) is 0 Å². The fraction of sp³-hybridized carbons (Fsp3) is 0.167. The lowest BCUT2D eigenvalue weighted by Crippen LogP contribution is -2.11. The molecule has 0 atom stereocenters. The van der Waals surface area contributed by atoms with Crippen LogP contribution in [0.15, 0.2) is 17.8 Å². The molecular formula is C6H5N2. The Hall–Kier alpha value is -1.23. The predicted octanol–water partition coefficient (Wildman–Crippen LogP) is 0.356. The van der Waals surface area contributed by atoms with Gasteiger partial charge in [0, 0.05) is 18.3 Å². The van der Waals surface area contributed by atoms with Gasteiger partial charge in [0.1, 0.15) is 0 Å². The molecular weight excluding hydrogens is 100 g/mol. The van der Waals surface area contributed by atoms with Crippen molar-refractivity contribution >= 4 is 0 Å². The van der Waals surface area contributed by atoms with Gasteiger partial charge in [0.15, 0.2) is 0 Å². The Kier molecular flexibility index (Phi) is 1.34. The molecule has 1 aliphatic rings. The first kappa shape index (κ1) is 4.92. The summed E-state index contributed by atoms with van der Waals surface area (Å²) in [6.45, 7) is 0.642. The Labute approximate surface area is 48.1 Å². The van der Waals surface area contributed by atoms with E-state index in [9.17, 15) is 0 Å². The molecule has 2 heteroatoms. The normalized spacial score (nSPS) is 16.1. The topological polar surface area (TPSA) is 35.8 Å². The zero-order valence-corrected chi connectivity index (χ0v) is 4.31. The summed E-state index contributed by atoms with van der Waals surface area (Å²) in [6.07, 6.45) is 6.14. The number of nitrogens with zero attached hydrogens (tertiary/aromatic N) is 1. The maximum atomic E-state index is 8.28. The van der Waals surface area contributed by atoms with Crippen molar-refractivity contribution in [1.29, 1.82) is 5.26 Å². The average molecular weight is 105 g/mol. The van der Waals surface area contributed by atoms with Crippen LogP contribution in [0.4, 0.5) is 0 Å². The van der Waals surface area contributed by atoms with Crippen LogP contribution in [-0.4, -0.2) is 6.54 Å². The number of hydrogen-bond acceptors (Lipinski definition) is 2. The zero-order chi connectivity index (χ0) is 5.82. The van der Waals surface area contributed by atoms with Gasteiger partial charge in [0.05, 0.1) is 6.07 Å². The summed E-state index contributed by atoms with van der Waals surface area (Å²) in [7, 11) is 0. The highest BCUT2D eigenvalue weighted by Crippen LogP contribution is 1.93. The second-order valence-electron chi connectivity index (χ2n) is 1.47. The van der Waals surface area contributed by atoms with Crippen molar-refractivity contribution < 1.29 is 0 Å².